The monoisotopic (exact) mass is 432 g/mol. The van der Waals surface area contributed by atoms with E-state index in [2.05, 4.69) is 10.3 Å². The smallest absolute Gasteiger partial charge is 0.265 e. The Balaban J connectivity index is 0.00000280. The third kappa shape index (κ3) is 5.43. The molecule has 0 aliphatic carbocycles. The van der Waals surface area contributed by atoms with Crippen LogP contribution in [0.4, 0.5) is 0 Å². The topological polar surface area (TPSA) is 82.2 Å². The highest BCUT2D eigenvalue weighted by Gasteiger charge is 2.32. The lowest BCUT2D eigenvalue weighted by Crippen LogP contribution is -2.52. The van der Waals surface area contributed by atoms with Crippen LogP contribution in [0.3, 0.4) is 0 Å². The molecule has 2 fully saturated rings. The number of likely N-dealkylation sites (N-methyl/N-ethyl adjacent to an activating group) is 1. The number of halogens is 1. The summed E-state index contributed by atoms with van der Waals surface area (Å²) < 4.78 is 33.1. The van der Waals surface area contributed by atoms with Gasteiger partial charge >= 0.3 is 0 Å². The molecular formula is C18H29ClN4O4S. The Morgan fingerprint density at radius 2 is 1.71 bits per heavy atom. The third-order valence-electron chi connectivity index (χ3n) is 4.88. The van der Waals surface area contributed by atoms with Crippen molar-refractivity contribution in [3.8, 4) is 0 Å². The highest BCUT2D eigenvalue weighted by atomic mass is 35.5. The van der Waals surface area contributed by atoms with Crippen LogP contribution in [-0.4, -0.2) is 87.1 Å². The molecule has 0 bridgehead atoms. The maximum atomic E-state index is 13.0. The van der Waals surface area contributed by atoms with Crippen molar-refractivity contribution < 1.29 is 17.9 Å². The van der Waals surface area contributed by atoms with E-state index < -0.39 is 10.0 Å². The normalized spacial score (nSPS) is 25.1. The summed E-state index contributed by atoms with van der Waals surface area (Å²) in [5.74, 6) is -0.291. The van der Waals surface area contributed by atoms with Crippen molar-refractivity contribution in [2.45, 2.75) is 31.0 Å². The standard InChI is InChI=1S/C18H28N4O4S.ClH/c1-14-12-22(13-15(2)26-14)27(24,25)17-6-4-5-16(11-17)18(23)19-21-9-7-20(3)8-10-21;/h4-6,11,14-15H,7-10,12-13H2,1-3H3,(H,19,23);1H. The number of nitrogens with one attached hydrogen (secondary N) is 1. The molecule has 0 spiro atoms. The molecule has 2 unspecified atom stereocenters. The molecule has 10 heteroatoms. The van der Waals surface area contributed by atoms with Gasteiger partial charge in [0.15, 0.2) is 0 Å². The molecule has 0 saturated carbocycles. The fraction of sp³-hybridized carbons (Fsp3) is 0.611. The average molecular weight is 433 g/mol. The minimum atomic E-state index is -3.67. The molecule has 1 N–H and O–H groups in total. The number of piperazine rings is 1. The van der Waals surface area contributed by atoms with Crippen molar-refractivity contribution in [2.24, 2.45) is 0 Å². The van der Waals surface area contributed by atoms with Gasteiger partial charge < -0.3 is 9.64 Å². The van der Waals surface area contributed by atoms with Crippen LogP contribution in [0.1, 0.15) is 24.2 Å². The van der Waals surface area contributed by atoms with Gasteiger partial charge in [-0.25, -0.2) is 13.4 Å². The van der Waals surface area contributed by atoms with E-state index in [1.165, 1.54) is 16.4 Å². The lowest BCUT2D eigenvalue weighted by Gasteiger charge is -2.34. The summed E-state index contributed by atoms with van der Waals surface area (Å²) in [4.78, 5) is 14.9. The van der Waals surface area contributed by atoms with Crippen LogP contribution in [0.15, 0.2) is 29.2 Å². The van der Waals surface area contributed by atoms with Gasteiger partial charge in [0.05, 0.1) is 17.1 Å². The Kier molecular flexibility index (Phi) is 7.83. The summed E-state index contributed by atoms with van der Waals surface area (Å²) in [5, 5.41) is 1.87. The van der Waals surface area contributed by atoms with Crippen molar-refractivity contribution in [3.63, 3.8) is 0 Å². The van der Waals surface area contributed by atoms with Crippen LogP contribution in [0.2, 0.25) is 0 Å². The van der Waals surface area contributed by atoms with E-state index in [0.29, 0.717) is 18.7 Å². The van der Waals surface area contributed by atoms with E-state index in [1.54, 1.807) is 12.1 Å². The lowest BCUT2D eigenvalue weighted by molar-refractivity contribution is -0.0440. The number of ether oxygens (including phenoxy) is 1. The molecule has 2 saturated heterocycles. The Morgan fingerprint density at radius 3 is 2.32 bits per heavy atom. The lowest BCUT2D eigenvalue weighted by atomic mass is 10.2. The number of nitrogens with zero attached hydrogens (tertiary/aromatic N) is 3. The second kappa shape index (κ2) is 9.51. The largest absolute Gasteiger partial charge is 0.373 e. The van der Waals surface area contributed by atoms with Gasteiger partial charge in [0.2, 0.25) is 10.0 Å². The van der Waals surface area contributed by atoms with Crippen molar-refractivity contribution in [1.82, 2.24) is 19.6 Å². The second-order valence-corrected chi connectivity index (χ2v) is 9.28. The Labute approximate surface area is 173 Å². The summed E-state index contributed by atoms with van der Waals surface area (Å²) in [7, 11) is -1.63. The summed E-state index contributed by atoms with van der Waals surface area (Å²) in [6, 6.07) is 6.23. The van der Waals surface area contributed by atoms with E-state index >= 15 is 0 Å². The number of sulfonamides is 1. The molecule has 2 aliphatic rings. The highest BCUT2D eigenvalue weighted by Crippen LogP contribution is 2.22. The van der Waals surface area contributed by atoms with Gasteiger partial charge in [0, 0.05) is 44.8 Å². The number of benzene rings is 1. The van der Waals surface area contributed by atoms with Gasteiger partial charge in [0.25, 0.3) is 5.91 Å². The number of amides is 1. The molecule has 28 heavy (non-hydrogen) atoms. The summed E-state index contributed by atoms with van der Waals surface area (Å²) >= 11 is 0. The number of morpholine rings is 1. The summed E-state index contributed by atoms with van der Waals surface area (Å²) in [6.07, 6.45) is -0.320. The zero-order valence-corrected chi connectivity index (χ0v) is 18.1. The van der Waals surface area contributed by atoms with Crippen LogP contribution in [0.5, 0.6) is 0 Å². The summed E-state index contributed by atoms with van der Waals surface area (Å²) in [6.45, 7) is 7.57. The number of hydrogen-bond donors (Lipinski definition) is 1. The molecule has 1 aromatic carbocycles. The number of hydrazine groups is 1. The first kappa shape index (κ1) is 23.1. The Bertz CT molecular complexity index is 774. The summed E-state index contributed by atoms with van der Waals surface area (Å²) in [5.41, 5.74) is 3.20. The van der Waals surface area contributed by atoms with Crippen molar-refractivity contribution >= 4 is 28.3 Å². The molecule has 3 rings (SSSR count). The molecule has 1 amide bonds. The predicted molar refractivity (Wildman–Crippen MR) is 109 cm³/mol. The van der Waals surface area contributed by atoms with Crippen molar-refractivity contribution in [2.75, 3.05) is 46.3 Å². The molecule has 158 valence electrons. The maximum absolute atomic E-state index is 13.0. The maximum Gasteiger partial charge on any atom is 0.265 e. The van der Waals surface area contributed by atoms with Crippen LogP contribution in [0.25, 0.3) is 0 Å². The zero-order chi connectivity index (χ0) is 19.6. The fourth-order valence-corrected chi connectivity index (χ4v) is 5.04. The van der Waals surface area contributed by atoms with Crippen LogP contribution >= 0.6 is 12.4 Å². The second-order valence-electron chi connectivity index (χ2n) is 7.34. The first-order valence-corrected chi connectivity index (χ1v) is 10.7. The molecule has 8 nitrogen and oxygen atoms in total. The van der Waals surface area contributed by atoms with Crippen LogP contribution in [-0.2, 0) is 14.8 Å². The molecule has 0 radical (unpaired) electrons. The van der Waals surface area contributed by atoms with Gasteiger partial charge in [-0.1, -0.05) is 6.07 Å². The molecular weight excluding hydrogens is 404 g/mol. The first-order chi connectivity index (χ1) is 12.8. The average Bonchev–Trinajstić information content (AvgIpc) is 2.63. The van der Waals surface area contributed by atoms with Gasteiger partial charge in [-0.2, -0.15) is 4.31 Å². The Hall–Kier alpha value is -1.23. The molecule has 2 atom stereocenters. The third-order valence-corrected chi connectivity index (χ3v) is 6.71. The van der Waals surface area contributed by atoms with E-state index in [0.717, 1.165) is 26.2 Å². The molecule has 2 aliphatic heterocycles. The van der Waals surface area contributed by atoms with E-state index in [9.17, 15) is 13.2 Å². The minimum absolute atomic E-state index is 0. The number of rotatable bonds is 4. The van der Waals surface area contributed by atoms with Crippen molar-refractivity contribution in [1.29, 1.82) is 0 Å². The highest BCUT2D eigenvalue weighted by molar-refractivity contribution is 7.89. The van der Waals surface area contributed by atoms with Gasteiger partial charge in [-0.15, -0.1) is 12.4 Å². The number of hydrogen-bond acceptors (Lipinski definition) is 6. The van der Waals surface area contributed by atoms with Crippen LogP contribution in [0, 0.1) is 0 Å². The number of carbonyl (C=O) groups is 1. The van der Waals surface area contributed by atoms with Crippen molar-refractivity contribution in [3.05, 3.63) is 29.8 Å². The van der Waals surface area contributed by atoms with Crippen LogP contribution < -0.4 is 5.43 Å². The van der Waals surface area contributed by atoms with E-state index in [4.69, 9.17) is 4.74 Å². The number of carbonyl (C=O) groups excluding carboxylic acids is 1. The quantitative estimate of drug-likeness (QED) is 0.757. The Morgan fingerprint density at radius 1 is 1.11 bits per heavy atom. The van der Waals surface area contributed by atoms with Gasteiger partial charge in [-0.05, 0) is 39.1 Å². The van der Waals surface area contributed by atoms with Gasteiger partial charge in [0.1, 0.15) is 0 Å². The van der Waals surface area contributed by atoms with E-state index in [1.807, 2.05) is 25.9 Å². The molecule has 2 heterocycles. The molecule has 1 aromatic rings. The minimum Gasteiger partial charge on any atom is -0.373 e. The fourth-order valence-electron chi connectivity index (χ4n) is 3.40. The SMILES string of the molecule is CC1CN(S(=O)(=O)c2cccc(C(=O)NN3CCN(C)CC3)c2)CC(C)O1.Cl. The van der Waals surface area contributed by atoms with Gasteiger partial charge in [-0.3, -0.25) is 10.2 Å². The zero-order valence-electron chi connectivity index (χ0n) is 16.5. The van der Waals surface area contributed by atoms with E-state index in [-0.39, 0.29) is 35.4 Å². The predicted octanol–water partition coefficient (Wildman–Crippen LogP) is 0.799. The first-order valence-electron chi connectivity index (χ1n) is 9.26. The molecule has 0 aromatic heterocycles.